The minimum Gasteiger partial charge on any atom is -0.481 e. The molecule has 0 aliphatic rings. The largest absolute Gasteiger partial charge is 0.481 e. The number of carbonyl (C=O) groups excluding carboxylic acids is 1. The quantitative estimate of drug-likeness (QED) is 0.675. The SMILES string of the molecule is COC(=O)c1nonc1CCC(=O)O. The highest BCUT2D eigenvalue weighted by Crippen LogP contribution is 2.06. The summed E-state index contributed by atoms with van der Waals surface area (Å²) in [6.07, 6.45) is -0.0541. The van der Waals surface area contributed by atoms with Gasteiger partial charge in [0.05, 0.1) is 13.5 Å². The first-order chi connectivity index (χ1) is 6.65. The van der Waals surface area contributed by atoms with Crippen molar-refractivity contribution in [2.75, 3.05) is 7.11 Å². The van der Waals surface area contributed by atoms with Gasteiger partial charge in [0.1, 0.15) is 5.69 Å². The van der Waals surface area contributed by atoms with Crippen LogP contribution in [-0.4, -0.2) is 34.5 Å². The molecule has 1 aromatic heterocycles. The van der Waals surface area contributed by atoms with Crippen LogP contribution in [0.25, 0.3) is 0 Å². The van der Waals surface area contributed by atoms with E-state index >= 15 is 0 Å². The van der Waals surface area contributed by atoms with Gasteiger partial charge in [0.2, 0.25) is 5.69 Å². The molecule has 1 rings (SSSR count). The fourth-order valence-corrected chi connectivity index (χ4v) is 0.848. The van der Waals surface area contributed by atoms with Gasteiger partial charge in [-0.2, -0.15) is 0 Å². The molecule has 1 heterocycles. The first kappa shape index (κ1) is 10.2. The number of hydrogen-bond donors (Lipinski definition) is 1. The molecule has 0 aromatic carbocycles. The highest BCUT2D eigenvalue weighted by Gasteiger charge is 2.18. The monoisotopic (exact) mass is 200 g/mol. The summed E-state index contributed by atoms with van der Waals surface area (Å²) in [5, 5.41) is 15.1. The van der Waals surface area contributed by atoms with Crippen LogP contribution in [0.3, 0.4) is 0 Å². The van der Waals surface area contributed by atoms with E-state index < -0.39 is 11.9 Å². The standard InChI is InChI=1S/C7H8N2O5/c1-13-7(12)6-4(8-14-9-6)2-3-5(10)11/h2-3H2,1H3,(H,10,11). The zero-order valence-electron chi connectivity index (χ0n) is 7.39. The van der Waals surface area contributed by atoms with E-state index in [0.717, 1.165) is 0 Å². The second kappa shape index (κ2) is 4.35. The van der Waals surface area contributed by atoms with E-state index in [1.165, 1.54) is 7.11 Å². The van der Waals surface area contributed by atoms with Crippen LogP contribution in [0.15, 0.2) is 4.63 Å². The van der Waals surface area contributed by atoms with E-state index in [4.69, 9.17) is 5.11 Å². The Morgan fingerprint density at radius 2 is 2.21 bits per heavy atom. The minimum atomic E-state index is -0.983. The zero-order valence-corrected chi connectivity index (χ0v) is 7.39. The number of methoxy groups -OCH3 is 1. The molecule has 0 bridgehead atoms. The number of carboxylic acid groups (broad SMARTS) is 1. The van der Waals surface area contributed by atoms with Gasteiger partial charge in [-0.3, -0.25) is 4.79 Å². The molecule has 1 aromatic rings. The normalized spacial score (nSPS) is 9.79. The predicted octanol–water partition coefficient (Wildman–Crippen LogP) is -0.127. The number of rotatable bonds is 4. The van der Waals surface area contributed by atoms with Gasteiger partial charge in [-0.15, -0.1) is 0 Å². The molecule has 0 saturated heterocycles. The maximum Gasteiger partial charge on any atom is 0.362 e. The van der Waals surface area contributed by atoms with E-state index in [1.54, 1.807) is 0 Å². The summed E-state index contributed by atoms with van der Waals surface area (Å²) in [6.45, 7) is 0. The first-order valence-electron chi connectivity index (χ1n) is 3.76. The van der Waals surface area contributed by atoms with Crippen molar-refractivity contribution in [2.45, 2.75) is 12.8 Å². The average molecular weight is 200 g/mol. The maximum atomic E-state index is 11.0. The fraction of sp³-hybridized carbons (Fsp3) is 0.429. The van der Waals surface area contributed by atoms with Crippen molar-refractivity contribution >= 4 is 11.9 Å². The number of esters is 1. The molecule has 0 saturated carbocycles. The Bertz CT molecular complexity index is 346. The summed E-state index contributed by atoms with van der Waals surface area (Å²) < 4.78 is 8.70. The number of aryl methyl sites for hydroxylation is 1. The van der Waals surface area contributed by atoms with Gasteiger partial charge in [0, 0.05) is 6.42 Å². The Balaban J connectivity index is 2.72. The number of hydrogen-bond acceptors (Lipinski definition) is 6. The van der Waals surface area contributed by atoms with Crippen LogP contribution in [0.1, 0.15) is 22.6 Å². The van der Waals surface area contributed by atoms with Crippen LogP contribution >= 0.6 is 0 Å². The van der Waals surface area contributed by atoms with E-state index in [9.17, 15) is 9.59 Å². The van der Waals surface area contributed by atoms with Crippen molar-refractivity contribution in [3.8, 4) is 0 Å². The molecule has 0 aliphatic carbocycles. The number of ether oxygens (including phenoxy) is 1. The van der Waals surface area contributed by atoms with Crippen LogP contribution in [0.5, 0.6) is 0 Å². The number of carbonyl (C=O) groups is 2. The Morgan fingerprint density at radius 3 is 2.79 bits per heavy atom. The third-order valence-corrected chi connectivity index (χ3v) is 1.51. The summed E-state index contributed by atoms with van der Waals surface area (Å²) in [4.78, 5) is 21.3. The van der Waals surface area contributed by atoms with Gasteiger partial charge in [-0.1, -0.05) is 5.16 Å². The molecule has 1 N–H and O–H groups in total. The Kier molecular flexibility index (Phi) is 3.16. The summed E-state index contributed by atoms with van der Waals surface area (Å²) in [5.41, 5.74) is 0.119. The molecule has 7 heteroatoms. The first-order valence-corrected chi connectivity index (χ1v) is 3.76. The lowest BCUT2D eigenvalue weighted by molar-refractivity contribution is -0.137. The minimum absolute atomic E-state index is 0.0752. The lowest BCUT2D eigenvalue weighted by atomic mass is 10.2. The lowest BCUT2D eigenvalue weighted by Crippen LogP contribution is -2.07. The lowest BCUT2D eigenvalue weighted by Gasteiger charge is -1.94. The Hall–Kier alpha value is -1.92. The number of nitrogens with zero attached hydrogens (tertiary/aromatic N) is 2. The van der Waals surface area contributed by atoms with Crippen LogP contribution in [0.2, 0.25) is 0 Å². The van der Waals surface area contributed by atoms with Gasteiger partial charge in [-0.05, 0) is 5.16 Å². The molecule has 0 unspecified atom stereocenters. The second-order valence-corrected chi connectivity index (χ2v) is 2.44. The summed E-state index contributed by atoms with van der Waals surface area (Å²) in [7, 11) is 1.19. The van der Waals surface area contributed by atoms with Crippen LogP contribution < -0.4 is 0 Å². The summed E-state index contributed by atoms with van der Waals surface area (Å²) >= 11 is 0. The molecule has 76 valence electrons. The molecule has 0 aliphatic heterocycles. The number of aliphatic carboxylic acids is 1. The van der Waals surface area contributed by atoms with E-state index in [-0.39, 0.29) is 24.2 Å². The number of aromatic nitrogens is 2. The van der Waals surface area contributed by atoms with E-state index in [0.29, 0.717) is 0 Å². The highest BCUT2D eigenvalue weighted by molar-refractivity contribution is 5.88. The Labute approximate surface area is 78.6 Å². The highest BCUT2D eigenvalue weighted by atomic mass is 16.6. The molecule has 0 radical (unpaired) electrons. The molecular formula is C7H8N2O5. The molecule has 0 spiro atoms. The average Bonchev–Trinajstić information content (AvgIpc) is 2.61. The fourth-order valence-electron chi connectivity index (χ4n) is 0.848. The van der Waals surface area contributed by atoms with Crippen LogP contribution in [0.4, 0.5) is 0 Å². The van der Waals surface area contributed by atoms with Crippen LogP contribution in [0, 0.1) is 0 Å². The van der Waals surface area contributed by atoms with Gasteiger partial charge < -0.3 is 9.84 Å². The van der Waals surface area contributed by atoms with Crippen molar-refractivity contribution in [3.05, 3.63) is 11.4 Å². The van der Waals surface area contributed by atoms with Gasteiger partial charge in [-0.25, -0.2) is 9.42 Å². The van der Waals surface area contributed by atoms with E-state index in [1.807, 2.05) is 0 Å². The predicted molar refractivity (Wildman–Crippen MR) is 41.6 cm³/mol. The molecule has 7 nitrogen and oxygen atoms in total. The maximum absolute atomic E-state index is 11.0. The van der Waals surface area contributed by atoms with Crippen molar-refractivity contribution in [1.82, 2.24) is 10.3 Å². The summed E-state index contributed by atoms with van der Waals surface area (Å²) in [6, 6.07) is 0. The smallest absolute Gasteiger partial charge is 0.362 e. The second-order valence-electron chi connectivity index (χ2n) is 2.44. The molecular weight excluding hydrogens is 192 g/mol. The number of carboxylic acids is 1. The van der Waals surface area contributed by atoms with Crippen molar-refractivity contribution < 1.29 is 24.1 Å². The molecule has 0 amide bonds. The van der Waals surface area contributed by atoms with Crippen molar-refractivity contribution in [3.63, 3.8) is 0 Å². The third kappa shape index (κ3) is 2.28. The van der Waals surface area contributed by atoms with Gasteiger partial charge >= 0.3 is 11.9 Å². The summed E-state index contributed by atoms with van der Waals surface area (Å²) in [5.74, 6) is -1.67. The van der Waals surface area contributed by atoms with Crippen molar-refractivity contribution in [1.29, 1.82) is 0 Å². The Morgan fingerprint density at radius 1 is 1.50 bits per heavy atom. The topological polar surface area (TPSA) is 103 Å². The molecule has 0 fully saturated rings. The molecule has 14 heavy (non-hydrogen) atoms. The van der Waals surface area contributed by atoms with Gasteiger partial charge in [0.15, 0.2) is 0 Å². The molecule has 0 atom stereocenters. The van der Waals surface area contributed by atoms with Crippen molar-refractivity contribution in [2.24, 2.45) is 0 Å². The van der Waals surface area contributed by atoms with Crippen LogP contribution in [-0.2, 0) is 16.0 Å². The third-order valence-electron chi connectivity index (χ3n) is 1.51. The van der Waals surface area contributed by atoms with E-state index in [2.05, 4.69) is 19.7 Å². The van der Waals surface area contributed by atoms with Gasteiger partial charge in [0.25, 0.3) is 0 Å². The zero-order chi connectivity index (χ0) is 10.6.